The summed E-state index contributed by atoms with van der Waals surface area (Å²) in [6.07, 6.45) is 0.589. The molecule has 0 radical (unpaired) electrons. The molecule has 16 heteroatoms. The molecule has 0 spiro atoms. The highest BCUT2D eigenvalue weighted by Crippen LogP contribution is 2.35. The number of alkyl halides is 3. The Labute approximate surface area is 241 Å². The zero-order chi connectivity index (χ0) is 29.3. The van der Waals surface area contributed by atoms with E-state index in [-0.39, 0.29) is 28.2 Å². The second-order valence-electron chi connectivity index (χ2n) is 9.61. The predicted octanol–water partition coefficient (Wildman–Crippen LogP) is 3.80. The van der Waals surface area contributed by atoms with Crippen LogP contribution in [0.2, 0.25) is 5.02 Å². The van der Waals surface area contributed by atoms with E-state index in [1.54, 1.807) is 13.0 Å². The molecule has 0 aromatic carbocycles. The number of anilines is 2. The molecule has 2 fully saturated rings. The van der Waals surface area contributed by atoms with E-state index in [0.29, 0.717) is 43.1 Å². The summed E-state index contributed by atoms with van der Waals surface area (Å²) >= 11 is 6.54. The number of hydrogen-bond donors (Lipinski definition) is 2. The van der Waals surface area contributed by atoms with Gasteiger partial charge in [0.2, 0.25) is 5.91 Å². The van der Waals surface area contributed by atoms with Crippen molar-refractivity contribution in [1.29, 1.82) is 0 Å². The van der Waals surface area contributed by atoms with Gasteiger partial charge in [0, 0.05) is 44.4 Å². The third kappa shape index (κ3) is 6.73. The molecule has 1 saturated carbocycles. The fourth-order valence-electron chi connectivity index (χ4n) is 4.22. The Balaban J connectivity index is 1.18. The Morgan fingerprint density at radius 2 is 1.76 bits per heavy atom. The van der Waals surface area contributed by atoms with Gasteiger partial charge in [0.1, 0.15) is 33.5 Å². The number of halogens is 4. The third-order valence-corrected chi connectivity index (χ3v) is 8.07. The van der Waals surface area contributed by atoms with Crippen LogP contribution in [0.3, 0.4) is 0 Å². The highest BCUT2D eigenvalue weighted by atomic mass is 35.5. The number of thiazole rings is 1. The smallest absolute Gasteiger partial charge is 0.353 e. The summed E-state index contributed by atoms with van der Waals surface area (Å²) < 4.78 is 39.3. The Morgan fingerprint density at radius 1 is 1.02 bits per heavy atom. The lowest BCUT2D eigenvalue weighted by Crippen LogP contribution is -2.49. The lowest BCUT2D eigenvalue weighted by molar-refractivity contribution is -0.137. The normalized spacial score (nSPS) is 16.3. The molecule has 4 heterocycles. The molecule has 3 aromatic heterocycles. The van der Waals surface area contributed by atoms with Crippen LogP contribution in [0, 0.1) is 5.92 Å². The molecule has 3 aromatic rings. The van der Waals surface area contributed by atoms with Gasteiger partial charge in [0.15, 0.2) is 0 Å². The Hall–Kier alpha value is -3.85. The minimum atomic E-state index is -4.71. The van der Waals surface area contributed by atoms with Gasteiger partial charge in [-0.05, 0) is 25.8 Å². The van der Waals surface area contributed by atoms with E-state index in [0.717, 1.165) is 30.4 Å². The summed E-state index contributed by atoms with van der Waals surface area (Å²) in [5.74, 6) is -0.549. The first-order valence-corrected chi connectivity index (χ1v) is 13.9. The van der Waals surface area contributed by atoms with E-state index in [2.05, 4.69) is 30.6 Å². The molecule has 0 bridgehead atoms. The van der Waals surface area contributed by atoms with Crippen LogP contribution in [-0.4, -0.2) is 68.7 Å². The van der Waals surface area contributed by atoms with Crippen molar-refractivity contribution >= 4 is 52.3 Å². The molecular weight excluding hydrogens is 585 g/mol. The zero-order valence-corrected chi connectivity index (χ0v) is 23.2. The molecular formula is C25H24ClF3N8O3S. The minimum Gasteiger partial charge on any atom is -0.353 e. The highest BCUT2D eigenvalue weighted by Gasteiger charge is 2.35. The average Bonchev–Trinajstić information content (AvgIpc) is 3.68. The molecule has 3 amide bonds. The van der Waals surface area contributed by atoms with Crippen LogP contribution in [0.15, 0.2) is 30.9 Å². The minimum absolute atomic E-state index is 0.107. The van der Waals surface area contributed by atoms with Crippen molar-refractivity contribution in [3.05, 3.63) is 57.0 Å². The monoisotopic (exact) mass is 608 g/mol. The van der Waals surface area contributed by atoms with Crippen LogP contribution in [0.4, 0.5) is 24.8 Å². The quantitative estimate of drug-likeness (QED) is 0.414. The van der Waals surface area contributed by atoms with E-state index >= 15 is 0 Å². The number of pyridine rings is 1. The van der Waals surface area contributed by atoms with Gasteiger partial charge < -0.3 is 20.4 Å². The van der Waals surface area contributed by atoms with Gasteiger partial charge in [0.05, 0.1) is 22.8 Å². The number of piperazine rings is 1. The first kappa shape index (κ1) is 28.7. The van der Waals surface area contributed by atoms with Crippen molar-refractivity contribution in [3.63, 3.8) is 0 Å². The number of amides is 3. The maximum atomic E-state index is 13.1. The molecule has 1 aliphatic heterocycles. The maximum absolute atomic E-state index is 13.1. The maximum Gasteiger partial charge on any atom is 0.418 e. The Kier molecular flexibility index (Phi) is 8.09. The second-order valence-corrected chi connectivity index (χ2v) is 11.1. The van der Waals surface area contributed by atoms with E-state index in [9.17, 15) is 27.6 Å². The summed E-state index contributed by atoms with van der Waals surface area (Å²) in [5, 5.41) is 4.90. The van der Waals surface area contributed by atoms with Crippen LogP contribution >= 0.6 is 22.9 Å². The molecule has 1 atom stereocenters. The second kappa shape index (κ2) is 11.6. The van der Waals surface area contributed by atoms with Crippen LogP contribution in [0.25, 0.3) is 0 Å². The van der Waals surface area contributed by atoms with Crippen LogP contribution < -0.4 is 15.5 Å². The molecule has 5 rings (SSSR count). The third-order valence-electron chi connectivity index (χ3n) is 6.59. The van der Waals surface area contributed by atoms with Crippen molar-refractivity contribution in [2.45, 2.75) is 32.0 Å². The number of hydrogen-bond acceptors (Lipinski definition) is 9. The molecule has 2 N–H and O–H groups in total. The number of carbonyl (C=O) groups excluding carboxylic acids is 3. The molecule has 1 saturated heterocycles. The first-order valence-electron chi connectivity index (χ1n) is 12.7. The van der Waals surface area contributed by atoms with Crippen LogP contribution in [0.5, 0.6) is 0 Å². The first-order chi connectivity index (χ1) is 19.5. The topological polar surface area (TPSA) is 133 Å². The van der Waals surface area contributed by atoms with E-state index < -0.39 is 34.6 Å². The van der Waals surface area contributed by atoms with Crippen molar-refractivity contribution in [1.82, 2.24) is 30.2 Å². The van der Waals surface area contributed by atoms with E-state index in [1.165, 1.54) is 12.5 Å². The SMILES string of the molecule is CC(NC(=O)c1cc(N2CCN(C(=O)C3CC3)CC2)ncn1)c1ncc(C(=O)Nc2cc(C(F)(F)F)c(Cl)cn2)s1. The number of carbonyl (C=O) groups is 3. The number of aromatic nitrogens is 4. The fraction of sp³-hybridized carbons (Fsp3) is 0.400. The van der Waals surface area contributed by atoms with Gasteiger partial charge >= 0.3 is 6.18 Å². The lowest BCUT2D eigenvalue weighted by atomic mass is 10.2. The van der Waals surface area contributed by atoms with Crippen molar-refractivity contribution in [2.24, 2.45) is 5.92 Å². The summed E-state index contributed by atoms with van der Waals surface area (Å²) in [5.41, 5.74) is -0.980. The zero-order valence-electron chi connectivity index (χ0n) is 21.6. The Morgan fingerprint density at radius 3 is 2.44 bits per heavy atom. The van der Waals surface area contributed by atoms with Crippen molar-refractivity contribution in [3.8, 4) is 0 Å². The fourth-order valence-corrected chi connectivity index (χ4v) is 5.24. The summed E-state index contributed by atoms with van der Waals surface area (Å²) in [6, 6.07) is 1.62. The van der Waals surface area contributed by atoms with E-state index in [4.69, 9.17) is 11.6 Å². The van der Waals surface area contributed by atoms with Gasteiger partial charge in [-0.25, -0.2) is 19.9 Å². The van der Waals surface area contributed by atoms with Gasteiger partial charge in [0.25, 0.3) is 11.8 Å². The molecule has 41 heavy (non-hydrogen) atoms. The number of nitrogens with one attached hydrogen (secondary N) is 2. The standard InChI is InChI=1S/C25H24ClF3N8O3S/c1-13(23-31-11-18(41-23)22(39)35-19-8-15(25(27,28)29)16(26)10-30-19)34-21(38)17-9-20(33-12-32-17)36-4-6-37(7-5-36)24(40)14-2-3-14/h8-14H,2-7H2,1H3,(H,34,38)(H,30,35,39). The van der Waals surface area contributed by atoms with Crippen molar-refractivity contribution in [2.75, 3.05) is 36.4 Å². The highest BCUT2D eigenvalue weighted by molar-refractivity contribution is 7.13. The van der Waals surface area contributed by atoms with Gasteiger partial charge in [-0.3, -0.25) is 14.4 Å². The largest absolute Gasteiger partial charge is 0.418 e. The van der Waals surface area contributed by atoms with Crippen LogP contribution in [-0.2, 0) is 11.0 Å². The number of nitrogens with zero attached hydrogens (tertiary/aromatic N) is 6. The summed E-state index contributed by atoms with van der Waals surface area (Å²) in [7, 11) is 0. The van der Waals surface area contributed by atoms with Gasteiger partial charge in [-0.2, -0.15) is 13.2 Å². The van der Waals surface area contributed by atoms with Crippen LogP contribution in [0.1, 0.15) is 56.5 Å². The van der Waals surface area contributed by atoms with Crippen molar-refractivity contribution < 1.29 is 27.6 Å². The molecule has 11 nitrogen and oxygen atoms in total. The lowest BCUT2D eigenvalue weighted by Gasteiger charge is -2.35. The van der Waals surface area contributed by atoms with E-state index in [1.807, 2.05) is 9.80 Å². The molecule has 2 aliphatic rings. The predicted molar refractivity (Wildman–Crippen MR) is 144 cm³/mol. The Bertz CT molecular complexity index is 1470. The molecule has 216 valence electrons. The van der Waals surface area contributed by atoms with Gasteiger partial charge in [-0.15, -0.1) is 11.3 Å². The summed E-state index contributed by atoms with van der Waals surface area (Å²) in [6.45, 7) is 4.05. The molecule has 1 aliphatic carbocycles. The molecule has 1 unspecified atom stereocenters. The average molecular weight is 609 g/mol. The number of rotatable bonds is 7. The summed E-state index contributed by atoms with van der Waals surface area (Å²) in [4.78, 5) is 58.1. The van der Waals surface area contributed by atoms with Gasteiger partial charge in [-0.1, -0.05) is 11.6 Å².